The first-order chi connectivity index (χ1) is 17.0. The molecular weight excluding hydrogens is 472 g/mol. The minimum Gasteiger partial charge on any atom is -0.482 e. The molecule has 2 heterocycles. The summed E-state index contributed by atoms with van der Waals surface area (Å²) in [6.07, 6.45) is 0.0985. The van der Waals surface area contributed by atoms with E-state index in [-0.39, 0.29) is 6.61 Å². The van der Waals surface area contributed by atoms with Crippen LogP contribution in [0.3, 0.4) is 0 Å². The van der Waals surface area contributed by atoms with Gasteiger partial charge in [-0.15, -0.1) is 0 Å². The Balaban J connectivity index is 1.48. The fourth-order valence-corrected chi connectivity index (χ4v) is 4.54. The molecule has 9 heteroatoms. The molecule has 1 atom stereocenters. The van der Waals surface area contributed by atoms with Crippen molar-refractivity contribution in [1.82, 2.24) is 10.1 Å². The van der Waals surface area contributed by atoms with Crippen molar-refractivity contribution < 1.29 is 28.7 Å². The second-order valence-electron chi connectivity index (χ2n) is 8.09. The number of para-hydroxylation sites is 1. The lowest BCUT2D eigenvalue weighted by molar-refractivity contribution is -0.139. The quantitative estimate of drug-likeness (QED) is 0.393. The molecule has 0 saturated carbocycles. The molecule has 0 radical (unpaired) electrons. The van der Waals surface area contributed by atoms with Gasteiger partial charge in [-0.2, -0.15) is 0 Å². The molecule has 178 valence electrons. The third kappa shape index (κ3) is 4.65. The summed E-state index contributed by atoms with van der Waals surface area (Å²) in [4.78, 5) is 26.1. The SMILES string of the molecule is O=C(O)COc1ccc(Cl)cc1C1c2ccccc2CCN1C(=O)OCc1noc2ccccc12. The summed E-state index contributed by atoms with van der Waals surface area (Å²) in [5, 5.41) is 14.4. The normalized spacial score (nSPS) is 15.0. The van der Waals surface area contributed by atoms with Crippen molar-refractivity contribution in [2.45, 2.75) is 19.1 Å². The maximum atomic E-state index is 13.4. The van der Waals surface area contributed by atoms with Gasteiger partial charge in [0.2, 0.25) is 0 Å². The molecule has 1 amide bonds. The van der Waals surface area contributed by atoms with Gasteiger partial charge in [-0.05, 0) is 47.9 Å². The van der Waals surface area contributed by atoms with Crippen LogP contribution in [0.4, 0.5) is 4.79 Å². The minimum atomic E-state index is -1.11. The van der Waals surface area contributed by atoms with Crippen molar-refractivity contribution in [2.75, 3.05) is 13.2 Å². The summed E-state index contributed by atoms with van der Waals surface area (Å²) in [7, 11) is 0. The standard InChI is InChI=1S/C26H21ClN2O6/c27-17-9-10-22(33-15-24(30)31)20(13-17)25-18-6-2-1-5-16(18)11-12-29(25)26(32)34-14-21-19-7-3-4-8-23(19)35-28-21/h1-10,13,25H,11-12,14-15H2,(H,30,31). The second-order valence-corrected chi connectivity index (χ2v) is 8.53. The molecule has 1 aliphatic rings. The van der Waals surface area contributed by atoms with Gasteiger partial charge in [-0.3, -0.25) is 4.90 Å². The number of ether oxygens (including phenoxy) is 2. The highest BCUT2D eigenvalue weighted by atomic mass is 35.5. The molecule has 8 nitrogen and oxygen atoms in total. The smallest absolute Gasteiger partial charge is 0.410 e. The van der Waals surface area contributed by atoms with E-state index in [1.165, 1.54) is 0 Å². The van der Waals surface area contributed by atoms with Crippen molar-refractivity contribution in [3.05, 3.63) is 94.1 Å². The number of carbonyl (C=O) groups excluding carboxylic acids is 1. The highest BCUT2D eigenvalue weighted by molar-refractivity contribution is 6.30. The van der Waals surface area contributed by atoms with Crippen molar-refractivity contribution in [3.8, 4) is 5.75 Å². The van der Waals surface area contributed by atoms with Gasteiger partial charge in [0, 0.05) is 22.5 Å². The molecule has 0 bridgehead atoms. The number of hydrogen-bond acceptors (Lipinski definition) is 6. The van der Waals surface area contributed by atoms with Gasteiger partial charge in [-0.1, -0.05) is 53.2 Å². The molecule has 35 heavy (non-hydrogen) atoms. The first kappa shape index (κ1) is 22.7. The van der Waals surface area contributed by atoms with Crippen LogP contribution in [0.2, 0.25) is 5.02 Å². The number of nitrogens with zero attached hydrogens (tertiary/aromatic N) is 2. The summed E-state index contributed by atoms with van der Waals surface area (Å²) in [6, 6.07) is 19.5. The van der Waals surface area contributed by atoms with E-state index < -0.39 is 24.7 Å². The van der Waals surface area contributed by atoms with E-state index in [4.69, 9.17) is 30.7 Å². The van der Waals surface area contributed by atoms with Gasteiger partial charge in [0.05, 0.1) is 6.04 Å². The average Bonchev–Trinajstić information content (AvgIpc) is 3.29. The molecular formula is C26H21ClN2O6. The largest absolute Gasteiger partial charge is 0.482 e. The summed E-state index contributed by atoms with van der Waals surface area (Å²) >= 11 is 6.31. The van der Waals surface area contributed by atoms with E-state index in [1.807, 2.05) is 42.5 Å². The number of aromatic nitrogens is 1. The van der Waals surface area contributed by atoms with E-state index in [0.29, 0.717) is 40.6 Å². The van der Waals surface area contributed by atoms with Crippen molar-refractivity contribution >= 4 is 34.6 Å². The summed E-state index contributed by atoms with van der Waals surface area (Å²) in [5.41, 5.74) is 3.69. The Kier molecular flexibility index (Phi) is 6.29. The van der Waals surface area contributed by atoms with Crippen LogP contribution < -0.4 is 4.74 Å². The predicted molar refractivity (Wildman–Crippen MR) is 127 cm³/mol. The first-order valence-corrected chi connectivity index (χ1v) is 11.4. The Bertz CT molecular complexity index is 1400. The van der Waals surface area contributed by atoms with Crippen LogP contribution in [0.5, 0.6) is 5.75 Å². The molecule has 0 aliphatic carbocycles. The van der Waals surface area contributed by atoms with Crippen LogP contribution in [0.25, 0.3) is 11.0 Å². The lowest BCUT2D eigenvalue weighted by Crippen LogP contribution is -2.41. The highest BCUT2D eigenvalue weighted by Crippen LogP contribution is 2.41. The van der Waals surface area contributed by atoms with E-state index in [0.717, 1.165) is 16.5 Å². The van der Waals surface area contributed by atoms with Crippen LogP contribution >= 0.6 is 11.6 Å². The van der Waals surface area contributed by atoms with E-state index in [9.17, 15) is 9.59 Å². The zero-order chi connectivity index (χ0) is 24.4. The zero-order valence-corrected chi connectivity index (χ0v) is 19.3. The first-order valence-electron chi connectivity index (χ1n) is 11.0. The Morgan fingerprint density at radius 1 is 1.09 bits per heavy atom. The summed E-state index contributed by atoms with van der Waals surface area (Å²) in [5.74, 6) is -0.773. The van der Waals surface area contributed by atoms with Gasteiger partial charge in [0.1, 0.15) is 18.1 Å². The number of halogens is 1. The van der Waals surface area contributed by atoms with E-state index in [1.54, 1.807) is 29.2 Å². The van der Waals surface area contributed by atoms with Crippen molar-refractivity contribution in [1.29, 1.82) is 0 Å². The lowest BCUT2D eigenvalue weighted by Gasteiger charge is -2.37. The number of rotatable bonds is 6. The number of amides is 1. The van der Waals surface area contributed by atoms with Crippen molar-refractivity contribution in [2.24, 2.45) is 0 Å². The van der Waals surface area contributed by atoms with Gasteiger partial charge in [0.15, 0.2) is 12.2 Å². The fourth-order valence-electron chi connectivity index (χ4n) is 4.36. The number of hydrogen-bond donors (Lipinski definition) is 1. The fraction of sp³-hybridized carbons (Fsp3) is 0.192. The molecule has 0 saturated heterocycles. The van der Waals surface area contributed by atoms with Crippen LogP contribution in [0, 0.1) is 0 Å². The van der Waals surface area contributed by atoms with Gasteiger partial charge >= 0.3 is 12.1 Å². The minimum absolute atomic E-state index is 0.0569. The molecule has 0 fully saturated rings. The Morgan fingerprint density at radius 2 is 1.89 bits per heavy atom. The molecule has 1 aromatic heterocycles. The van der Waals surface area contributed by atoms with Crippen molar-refractivity contribution in [3.63, 3.8) is 0 Å². The van der Waals surface area contributed by atoms with Gasteiger partial charge in [-0.25, -0.2) is 9.59 Å². The molecule has 5 rings (SSSR count). The molecule has 3 aromatic carbocycles. The number of carboxylic acid groups (broad SMARTS) is 1. The third-order valence-electron chi connectivity index (χ3n) is 5.92. The predicted octanol–water partition coefficient (Wildman–Crippen LogP) is 5.23. The molecule has 1 unspecified atom stereocenters. The monoisotopic (exact) mass is 492 g/mol. The van der Waals surface area contributed by atoms with Crippen LogP contribution in [0.15, 0.2) is 71.3 Å². The number of fused-ring (bicyclic) bond motifs is 2. The van der Waals surface area contributed by atoms with E-state index in [2.05, 4.69) is 5.16 Å². The average molecular weight is 493 g/mol. The number of carbonyl (C=O) groups is 2. The molecule has 1 aliphatic heterocycles. The van der Waals surface area contributed by atoms with Crippen LogP contribution in [0.1, 0.15) is 28.4 Å². The van der Waals surface area contributed by atoms with E-state index >= 15 is 0 Å². The summed E-state index contributed by atoms with van der Waals surface area (Å²) in [6.45, 7) is -0.184. The Hall–Kier alpha value is -4.04. The number of benzene rings is 3. The highest BCUT2D eigenvalue weighted by Gasteiger charge is 2.35. The Morgan fingerprint density at radius 3 is 2.74 bits per heavy atom. The number of carboxylic acids is 1. The third-order valence-corrected chi connectivity index (χ3v) is 6.16. The molecule has 1 N–H and O–H groups in total. The maximum absolute atomic E-state index is 13.4. The van der Waals surface area contributed by atoms with Crippen LogP contribution in [-0.2, 0) is 22.6 Å². The number of aliphatic carboxylic acids is 1. The topological polar surface area (TPSA) is 102 Å². The summed E-state index contributed by atoms with van der Waals surface area (Å²) < 4.78 is 16.5. The van der Waals surface area contributed by atoms with Gasteiger partial charge in [0.25, 0.3) is 0 Å². The van der Waals surface area contributed by atoms with Crippen LogP contribution in [-0.4, -0.2) is 40.4 Å². The Labute approximate surface area is 205 Å². The molecule has 4 aromatic rings. The maximum Gasteiger partial charge on any atom is 0.410 e. The van der Waals surface area contributed by atoms with Gasteiger partial charge < -0.3 is 19.1 Å². The lowest BCUT2D eigenvalue weighted by atomic mass is 9.88. The molecule has 0 spiro atoms. The second kappa shape index (κ2) is 9.68. The zero-order valence-electron chi connectivity index (χ0n) is 18.5.